The van der Waals surface area contributed by atoms with Crippen LogP contribution in [0.4, 0.5) is 8.78 Å². The summed E-state index contributed by atoms with van der Waals surface area (Å²) in [4.78, 5) is 8.45. The maximum absolute atomic E-state index is 13.2. The van der Waals surface area contributed by atoms with Crippen LogP contribution in [0, 0.1) is 11.6 Å². The van der Waals surface area contributed by atoms with Gasteiger partial charge >= 0.3 is 0 Å². The second kappa shape index (κ2) is 5.01. The number of hydrogen-bond donors (Lipinski definition) is 1. The summed E-state index contributed by atoms with van der Waals surface area (Å²) in [5.74, 6) is -1.19. The number of rotatable bonds is 3. The van der Waals surface area contributed by atoms with Crippen LogP contribution in [0.3, 0.4) is 0 Å². The van der Waals surface area contributed by atoms with Gasteiger partial charge in [0.2, 0.25) is 0 Å². The van der Waals surface area contributed by atoms with E-state index in [1.54, 1.807) is 12.3 Å². The summed E-state index contributed by atoms with van der Waals surface area (Å²) in [7, 11) is 0. The molecule has 0 fully saturated rings. The van der Waals surface area contributed by atoms with Crippen LogP contribution in [-0.2, 0) is 6.42 Å². The second-order valence-corrected chi connectivity index (χ2v) is 5.15. The maximum Gasteiger partial charge on any atom is 0.159 e. The van der Waals surface area contributed by atoms with Gasteiger partial charge in [0.05, 0.1) is 5.69 Å². The van der Waals surface area contributed by atoms with Gasteiger partial charge in [-0.25, -0.2) is 18.7 Å². The molecule has 0 amide bonds. The van der Waals surface area contributed by atoms with Gasteiger partial charge in [-0.1, -0.05) is 0 Å². The lowest BCUT2D eigenvalue weighted by Crippen LogP contribution is -2.35. The van der Waals surface area contributed by atoms with E-state index >= 15 is 0 Å². The van der Waals surface area contributed by atoms with Gasteiger partial charge in [-0.3, -0.25) is 0 Å². The number of benzene rings is 1. The predicted octanol–water partition coefficient (Wildman–Crippen LogP) is 2.70. The van der Waals surface area contributed by atoms with E-state index in [1.807, 2.05) is 13.8 Å². The molecule has 1 heterocycles. The molecule has 2 rings (SSSR count). The first-order valence-corrected chi connectivity index (χ1v) is 5.91. The molecule has 0 bridgehead atoms. The first kappa shape index (κ1) is 13.5. The van der Waals surface area contributed by atoms with Gasteiger partial charge in [0, 0.05) is 23.7 Å². The third kappa shape index (κ3) is 3.54. The van der Waals surface area contributed by atoms with E-state index in [4.69, 9.17) is 5.73 Å². The molecule has 0 aliphatic rings. The Balaban J connectivity index is 2.35. The van der Waals surface area contributed by atoms with Crippen LogP contribution < -0.4 is 5.73 Å². The molecule has 19 heavy (non-hydrogen) atoms. The lowest BCUT2D eigenvalue weighted by Gasteiger charge is -2.17. The van der Waals surface area contributed by atoms with Crippen LogP contribution in [-0.4, -0.2) is 15.5 Å². The van der Waals surface area contributed by atoms with E-state index in [0.29, 0.717) is 23.5 Å². The average Bonchev–Trinajstić information content (AvgIpc) is 2.31. The van der Waals surface area contributed by atoms with E-state index in [0.717, 1.165) is 12.1 Å². The second-order valence-electron chi connectivity index (χ2n) is 5.15. The highest BCUT2D eigenvalue weighted by Gasteiger charge is 2.14. The van der Waals surface area contributed by atoms with Gasteiger partial charge in [-0.05, 0) is 38.1 Å². The van der Waals surface area contributed by atoms with Crippen LogP contribution in [0.25, 0.3) is 11.3 Å². The minimum absolute atomic E-state index is 0.424. The third-order valence-electron chi connectivity index (χ3n) is 2.53. The van der Waals surface area contributed by atoms with Crippen molar-refractivity contribution in [3.05, 3.63) is 47.9 Å². The Bertz CT molecular complexity index is 591. The lowest BCUT2D eigenvalue weighted by atomic mass is 10.0. The number of hydrogen-bond acceptors (Lipinski definition) is 3. The highest BCUT2D eigenvalue weighted by molar-refractivity contribution is 5.58. The van der Waals surface area contributed by atoms with Crippen LogP contribution in [0.2, 0.25) is 0 Å². The summed E-state index contributed by atoms with van der Waals surface area (Å²) in [6.07, 6.45) is 2.09. The van der Waals surface area contributed by atoms with Crippen molar-refractivity contribution in [1.29, 1.82) is 0 Å². The Labute approximate surface area is 110 Å². The Morgan fingerprint density at radius 1 is 1.16 bits per heavy atom. The Hall–Kier alpha value is -1.88. The van der Waals surface area contributed by atoms with Crippen molar-refractivity contribution in [3.63, 3.8) is 0 Å². The molecule has 0 radical (unpaired) electrons. The topological polar surface area (TPSA) is 51.8 Å². The number of halogens is 2. The Kier molecular flexibility index (Phi) is 3.57. The lowest BCUT2D eigenvalue weighted by molar-refractivity contribution is 0.502. The molecule has 2 N–H and O–H groups in total. The fraction of sp³-hybridized carbons (Fsp3) is 0.286. The van der Waals surface area contributed by atoms with Gasteiger partial charge < -0.3 is 5.73 Å². The molecule has 0 saturated heterocycles. The molecule has 100 valence electrons. The molecule has 5 heteroatoms. The minimum Gasteiger partial charge on any atom is -0.325 e. The highest BCUT2D eigenvalue weighted by atomic mass is 19.2. The number of nitrogens with two attached hydrogens (primary N) is 1. The van der Waals surface area contributed by atoms with E-state index in [9.17, 15) is 8.78 Å². The fourth-order valence-corrected chi connectivity index (χ4v) is 1.71. The van der Waals surface area contributed by atoms with Crippen molar-refractivity contribution < 1.29 is 8.78 Å². The quantitative estimate of drug-likeness (QED) is 0.926. The molecule has 3 nitrogen and oxygen atoms in total. The van der Waals surface area contributed by atoms with Gasteiger partial charge in [-0.2, -0.15) is 0 Å². The van der Waals surface area contributed by atoms with Crippen molar-refractivity contribution in [2.45, 2.75) is 25.8 Å². The molecule has 1 aromatic carbocycles. The summed E-state index contributed by atoms with van der Waals surface area (Å²) in [5.41, 5.74) is 6.55. The zero-order valence-corrected chi connectivity index (χ0v) is 10.8. The third-order valence-corrected chi connectivity index (χ3v) is 2.53. The Morgan fingerprint density at radius 3 is 2.53 bits per heavy atom. The first-order chi connectivity index (χ1) is 8.85. The number of aromatic nitrogens is 2. The van der Waals surface area contributed by atoms with Crippen molar-refractivity contribution in [2.75, 3.05) is 0 Å². The fourth-order valence-electron chi connectivity index (χ4n) is 1.71. The SMILES string of the molecule is CC(C)(N)Cc1nccc(-c2ccc(F)c(F)c2)n1. The summed E-state index contributed by atoms with van der Waals surface area (Å²) in [6, 6.07) is 5.34. The molecule has 0 atom stereocenters. The molecule has 2 aromatic rings. The van der Waals surface area contributed by atoms with E-state index in [-0.39, 0.29) is 0 Å². The van der Waals surface area contributed by atoms with E-state index in [2.05, 4.69) is 9.97 Å². The summed E-state index contributed by atoms with van der Waals surface area (Å²) in [5, 5.41) is 0. The van der Waals surface area contributed by atoms with Crippen molar-refractivity contribution in [3.8, 4) is 11.3 Å². The van der Waals surface area contributed by atoms with Crippen LogP contribution >= 0.6 is 0 Å². The zero-order valence-electron chi connectivity index (χ0n) is 10.8. The number of nitrogens with zero attached hydrogens (tertiary/aromatic N) is 2. The molecular formula is C14H15F2N3. The first-order valence-electron chi connectivity index (χ1n) is 5.91. The van der Waals surface area contributed by atoms with Gasteiger partial charge in [0.15, 0.2) is 11.6 Å². The predicted molar refractivity (Wildman–Crippen MR) is 69.4 cm³/mol. The zero-order chi connectivity index (χ0) is 14.0. The van der Waals surface area contributed by atoms with E-state index in [1.165, 1.54) is 6.07 Å². The van der Waals surface area contributed by atoms with Crippen molar-refractivity contribution >= 4 is 0 Å². The normalized spacial score (nSPS) is 11.6. The molecular weight excluding hydrogens is 248 g/mol. The van der Waals surface area contributed by atoms with Crippen LogP contribution in [0.5, 0.6) is 0 Å². The van der Waals surface area contributed by atoms with Crippen molar-refractivity contribution in [1.82, 2.24) is 9.97 Å². The molecule has 0 aliphatic carbocycles. The molecule has 0 spiro atoms. The summed E-state index contributed by atoms with van der Waals surface area (Å²) >= 11 is 0. The van der Waals surface area contributed by atoms with E-state index < -0.39 is 17.2 Å². The highest BCUT2D eigenvalue weighted by Crippen LogP contribution is 2.20. The van der Waals surface area contributed by atoms with Crippen molar-refractivity contribution in [2.24, 2.45) is 5.73 Å². The van der Waals surface area contributed by atoms with Gasteiger partial charge in [0.1, 0.15) is 5.82 Å². The standard InChI is InChI=1S/C14H15F2N3/c1-14(2,17)8-13-18-6-5-12(19-13)9-3-4-10(15)11(16)7-9/h3-7H,8,17H2,1-2H3. The largest absolute Gasteiger partial charge is 0.325 e. The smallest absolute Gasteiger partial charge is 0.159 e. The van der Waals surface area contributed by atoms with Gasteiger partial charge in [-0.15, -0.1) is 0 Å². The van der Waals surface area contributed by atoms with Gasteiger partial charge in [0.25, 0.3) is 0 Å². The molecule has 0 aliphatic heterocycles. The monoisotopic (exact) mass is 263 g/mol. The summed E-state index contributed by atoms with van der Waals surface area (Å²) < 4.78 is 26.1. The van der Waals surface area contributed by atoms with Crippen LogP contribution in [0.1, 0.15) is 19.7 Å². The molecule has 1 aromatic heterocycles. The molecule has 0 saturated carbocycles. The average molecular weight is 263 g/mol. The molecule has 0 unspecified atom stereocenters. The summed E-state index contributed by atoms with van der Waals surface area (Å²) in [6.45, 7) is 3.75. The van der Waals surface area contributed by atoms with Crippen LogP contribution in [0.15, 0.2) is 30.5 Å². The Morgan fingerprint density at radius 2 is 1.89 bits per heavy atom. The maximum atomic E-state index is 13.2. The minimum atomic E-state index is -0.892.